The Hall–Kier alpha value is -1.79. The number of sulfonamides is 1. The summed E-state index contributed by atoms with van der Waals surface area (Å²) in [5.74, 6) is 0.394. The molecule has 2 aromatic rings. The van der Waals surface area contributed by atoms with Crippen LogP contribution in [-0.2, 0) is 10.0 Å². The molecule has 0 bridgehead atoms. The number of fused-ring (bicyclic) bond motifs is 1. The minimum absolute atomic E-state index is 0.144. The maximum Gasteiger partial charge on any atom is 0.266 e. The first-order valence-corrected chi connectivity index (χ1v) is 8.20. The van der Waals surface area contributed by atoms with Crippen LogP contribution < -0.4 is 9.04 Å². The molecule has 1 aromatic carbocycles. The number of pyridine rings is 1. The van der Waals surface area contributed by atoms with Crippen molar-refractivity contribution in [3.63, 3.8) is 0 Å². The molecule has 3 rings (SSSR count). The predicted molar refractivity (Wildman–Crippen MR) is 80.3 cm³/mol. The zero-order chi connectivity index (χ0) is 15.0. The highest BCUT2D eigenvalue weighted by atomic mass is 35.5. The van der Waals surface area contributed by atoms with E-state index >= 15 is 0 Å². The Balaban J connectivity index is 2.14. The Morgan fingerprint density at radius 2 is 2.14 bits per heavy atom. The quantitative estimate of drug-likeness (QED) is 0.852. The number of anilines is 1. The fourth-order valence-electron chi connectivity index (χ4n) is 2.24. The first kappa shape index (κ1) is 14.2. The SMILES string of the molecule is CC1CN(S(=O)(=O)c2cccnc2)c2cccc(Cl)c2O1. The van der Waals surface area contributed by atoms with Gasteiger partial charge in [0.05, 0.1) is 17.3 Å². The number of hydrogen-bond acceptors (Lipinski definition) is 4. The van der Waals surface area contributed by atoms with Crippen LogP contribution in [0.2, 0.25) is 5.02 Å². The third-order valence-electron chi connectivity index (χ3n) is 3.18. The summed E-state index contributed by atoms with van der Waals surface area (Å²) in [5, 5.41) is 0.394. The summed E-state index contributed by atoms with van der Waals surface area (Å²) in [6.07, 6.45) is 2.58. The van der Waals surface area contributed by atoms with Gasteiger partial charge in [-0.3, -0.25) is 9.29 Å². The van der Waals surface area contributed by atoms with E-state index in [1.165, 1.54) is 22.8 Å². The third kappa shape index (κ3) is 2.45. The van der Waals surface area contributed by atoms with Crippen LogP contribution in [0.25, 0.3) is 0 Å². The lowest BCUT2D eigenvalue weighted by Crippen LogP contribution is -2.42. The Morgan fingerprint density at radius 1 is 1.33 bits per heavy atom. The van der Waals surface area contributed by atoms with Crippen LogP contribution in [0.5, 0.6) is 5.75 Å². The molecular weight excluding hydrogens is 312 g/mol. The van der Waals surface area contributed by atoms with E-state index in [1.807, 2.05) is 0 Å². The third-order valence-corrected chi connectivity index (χ3v) is 5.24. The lowest BCUT2D eigenvalue weighted by Gasteiger charge is -2.34. The van der Waals surface area contributed by atoms with E-state index in [0.717, 1.165) is 0 Å². The summed E-state index contributed by atoms with van der Waals surface area (Å²) >= 11 is 6.11. The summed E-state index contributed by atoms with van der Waals surface area (Å²) < 4.78 is 32.6. The maximum absolute atomic E-state index is 12.8. The van der Waals surface area contributed by atoms with Gasteiger partial charge in [-0.05, 0) is 31.2 Å². The van der Waals surface area contributed by atoms with Crippen LogP contribution in [0.4, 0.5) is 5.69 Å². The van der Waals surface area contributed by atoms with Gasteiger partial charge in [-0.25, -0.2) is 8.42 Å². The van der Waals surface area contributed by atoms with E-state index in [-0.39, 0.29) is 17.5 Å². The van der Waals surface area contributed by atoms with Crippen LogP contribution in [0.3, 0.4) is 0 Å². The number of ether oxygens (including phenoxy) is 1. The van der Waals surface area contributed by atoms with Crippen molar-refractivity contribution in [1.82, 2.24) is 4.98 Å². The van der Waals surface area contributed by atoms with Gasteiger partial charge in [0.2, 0.25) is 0 Å². The number of aromatic nitrogens is 1. The van der Waals surface area contributed by atoms with Gasteiger partial charge in [-0.1, -0.05) is 17.7 Å². The number of hydrogen-bond donors (Lipinski definition) is 0. The molecule has 7 heteroatoms. The largest absolute Gasteiger partial charge is 0.485 e. The molecule has 2 heterocycles. The molecule has 0 N–H and O–H groups in total. The number of benzene rings is 1. The molecule has 0 fully saturated rings. The zero-order valence-electron chi connectivity index (χ0n) is 11.2. The first-order chi connectivity index (χ1) is 10.00. The molecule has 1 aromatic heterocycles. The summed E-state index contributed by atoms with van der Waals surface area (Å²) in [6, 6.07) is 8.17. The Morgan fingerprint density at radius 3 is 2.86 bits per heavy atom. The summed E-state index contributed by atoms with van der Waals surface area (Å²) in [7, 11) is -3.69. The van der Waals surface area contributed by atoms with E-state index in [0.29, 0.717) is 16.5 Å². The average molecular weight is 325 g/mol. The van der Waals surface area contributed by atoms with Crippen molar-refractivity contribution in [1.29, 1.82) is 0 Å². The van der Waals surface area contributed by atoms with Gasteiger partial charge in [-0.15, -0.1) is 0 Å². The zero-order valence-corrected chi connectivity index (χ0v) is 12.8. The van der Waals surface area contributed by atoms with Gasteiger partial charge in [0.15, 0.2) is 5.75 Å². The van der Waals surface area contributed by atoms with Crippen LogP contribution in [0.1, 0.15) is 6.92 Å². The number of nitrogens with zero attached hydrogens (tertiary/aromatic N) is 2. The molecule has 1 aliphatic heterocycles. The van der Waals surface area contributed by atoms with Crippen LogP contribution in [-0.4, -0.2) is 26.1 Å². The molecule has 0 saturated carbocycles. The molecule has 1 aliphatic rings. The fourth-order valence-corrected chi connectivity index (χ4v) is 3.96. The number of para-hydroxylation sites is 1. The van der Waals surface area contributed by atoms with Gasteiger partial charge in [0, 0.05) is 12.4 Å². The Kier molecular flexibility index (Phi) is 3.51. The molecule has 0 saturated heterocycles. The van der Waals surface area contributed by atoms with Crippen molar-refractivity contribution in [2.45, 2.75) is 17.9 Å². The number of rotatable bonds is 2. The maximum atomic E-state index is 12.8. The van der Waals surface area contributed by atoms with E-state index in [1.54, 1.807) is 31.2 Å². The minimum atomic E-state index is -3.69. The van der Waals surface area contributed by atoms with Crippen molar-refractivity contribution < 1.29 is 13.2 Å². The van der Waals surface area contributed by atoms with Crippen molar-refractivity contribution in [3.05, 3.63) is 47.7 Å². The van der Waals surface area contributed by atoms with Crippen molar-refractivity contribution in [2.75, 3.05) is 10.8 Å². The van der Waals surface area contributed by atoms with Gasteiger partial charge in [0.1, 0.15) is 11.0 Å². The van der Waals surface area contributed by atoms with Crippen LogP contribution in [0.15, 0.2) is 47.6 Å². The van der Waals surface area contributed by atoms with E-state index in [9.17, 15) is 8.42 Å². The monoisotopic (exact) mass is 324 g/mol. The predicted octanol–water partition coefficient (Wildman–Crippen LogP) is 2.71. The van der Waals surface area contributed by atoms with Crippen molar-refractivity contribution in [2.24, 2.45) is 0 Å². The minimum Gasteiger partial charge on any atom is -0.485 e. The molecule has 5 nitrogen and oxygen atoms in total. The smallest absolute Gasteiger partial charge is 0.266 e. The molecule has 0 amide bonds. The summed E-state index contributed by atoms with van der Waals surface area (Å²) in [4.78, 5) is 4.02. The van der Waals surface area contributed by atoms with E-state index in [4.69, 9.17) is 16.3 Å². The second-order valence-electron chi connectivity index (χ2n) is 4.74. The van der Waals surface area contributed by atoms with Gasteiger partial charge >= 0.3 is 0 Å². The van der Waals surface area contributed by atoms with Crippen LogP contribution in [0, 0.1) is 0 Å². The second-order valence-corrected chi connectivity index (χ2v) is 7.01. The second kappa shape index (κ2) is 5.20. The standard InChI is InChI=1S/C14H13ClN2O3S/c1-10-9-17(13-6-2-5-12(15)14(13)20-10)21(18,19)11-4-3-7-16-8-11/h2-8,10H,9H2,1H3. The van der Waals surface area contributed by atoms with Gasteiger partial charge in [-0.2, -0.15) is 0 Å². The highest BCUT2D eigenvalue weighted by Crippen LogP contribution is 2.41. The molecule has 21 heavy (non-hydrogen) atoms. The van der Waals surface area contributed by atoms with Crippen molar-refractivity contribution in [3.8, 4) is 5.75 Å². The first-order valence-electron chi connectivity index (χ1n) is 6.38. The van der Waals surface area contributed by atoms with E-state index in [2.05, 4.69) is 4.98 Å². The molecule has 110 valence electrons. The van der Waals surface area contributed by atoms with Crippen molar-refractivity contribution >= 4 is 27.3 Å². The molecule has 1 unspecified atom stereocenters. The topological polar surface area (TPSA) is 59.5 Å². The normalized spacial score (nSPS) is 18.0. The fraction of sp³-hybridized carbons (Fsp3) is 0.214. The molecule has 0 radical (unpaired) electrons. The lowest BCUT2D eigenvalue weighted by atomic mass is 10.2. The lowest BCUT2D eigenvalue weighted by molar-refractivity contribution is 0.220. The van der Waals surface area contributed by atoms with Crippen LogP contribution >= 0.6 is 11.6 Å². The highest BCUT2D eigenvalue weighted by molar-refractivity contribution is 7.92. The van der Waals surface area contributed by atoms with Gasteiger partial charge < -0.3 is 4.74 Å². The molecule has 0 aliphatic carbocycles. The molecule has 1 atom stereocenters. The Bertz CT molecular complexity index is 765. The molecule has 0 spiro atoms. The van der Waals surface area contributed by atoms with Gasteiger partial charge in [0.25, 0.3) is 10.0 Å². The summed E-state index contributed by atoms with van der Waals surface area (Å²) in [6.45, 7) is 2.03. The average Bonchev–Trinajstić information content (AvgIpc) is 2.48. The Labute approximate surface area is 128 Å². The van der Waals surface area contributed by atoms with E-state index < -0.39 is 10.0 Å². The molecular formula is C14H13ClN2O3S. The summed E-state index contributed by atoms with van der Waals surface area (Å²) in [5.41, 5.74) is 0.449. The highest BCUT2D eigenvalue weighted by Gasteiger charge is 2.33. The number of halogens is 1.